The summed E-state index contributed by atoms with van der Waals surface area (Å²) in [7, 11) is 0. The molecule has 0 bridgehead atoms. The number of para-hydroxylation sites is 1. The minimum atomic E-state index is -4.95. The number of carbonyl (C=O) groups excluding carboxylic acids is 1. The third-order valence-electron chi connectivity index (χ3n) is 5.77. The summed E-state index contributed by atoms with van der Waals surface area (Å²) in [5.74, 6) is 0.333. The summed E-state index contributed by atoms with van der Waals surface area (Å²) in [4.78, 5) is 29.0. The first-order chi connectivity index (χ1) is 18.9. The number of Topliss-reactive ketones (excluding diaryl/α,β-unsaturated/α-hetero) is 1. The predicted molar refractivity (Wildman–Crippen MR) is 143 cm³/mol. The summed E-state index contributed by atoms with van der Waals surface area (Å²) in [6.07, 6.45) is -6.84. The molecule has 212 valence electrons. The average Bonchev–Trinajstić information content (AvgIpc) is 3.43. The van der Waals surface area contributed by atoms with Crippen molar-refractivity contribution in [2.45, 2.75) is 45.1 Å². The van der Waals surface area contributed by atoms with Gasteiger partial charge in [-0.3, -0.25) is 4.57 Å². The Morgan fingerprint density at radius 1 is 1.10 bits per heavy atom. The number of nitrogens with zero attached hydrogens (tertiary/aromatic N) is 6. The van der Waals surface area contributed by atoms with Gasteiger partial charge in [0.25, 0.3) is 0 Å². The van der Waals surface area contributed by atoms with Crippen LogP contribution < -0.4 is 11.0 Å². The van der Waals surface area contributed by atoms with Gasteiger partial charge in [0.2, 0.25) is 5.95 Å². The third-order valence-corrected chi connectivity index (χ3v) is 6.34. The van der Waals surface area contributed by atoms with Crippen LogP contribution in [0.5, 0.6) is 0 Å². The molecule has 15 heteroatoms. The quantitative estimate of drug-likeness (QED) is 0.247. The van der Waals surface area contributed by atoms with Gasteiger partial charge in [-0.25, -0.2) is 9.48 Å². The number of halogens is 5. The predicted octanol–water partition coefficient (Wildman–Crippen LogP) is 4.35. The Hall–Kier alpha value is -3.68. The highest BCUT2D eigenvalue weighted by Crippen LogP contribution is 2.25. The summed E-state index contributed by atoms with van der Waals surface area (Å²) in [5.41, 5.74) is -0.0969. The largest absolute Gasteiger partial charge is 0.416 e. The van der Waals surface area contributed by atoms with Gasteiger partial charge < -0.3 is 15.2 Å². The van der Waals surface area contributed by atoms with Gasteiger partial charge in [-0.1, -0.05) is 35.3 Å². The number of aliphatic hydroxyl groups excluding tert-OH is 1. The van der Waals surface area contributed by atoms with Crippen molar-refractivity contribution < 1.29 is 23.1 Å². The number of rotatable bonds is 11. The van der Waals surface area contributed by atoms with Crippen LogP contribution in [0.25, 0.3) is 17.1 Å². The van der Waals surface area contributed by atoms with Crippen LogP contribution in [0.4, 0.5) is 19.1 Å². The van der Waals surface area contributed by atoms with E-state index in [1.165, 1.54) is 35.9 Å². The van der Waals surface area contributed by atoms with Gasteiger partial charge in [0.05, 0.1) is 17.3 Å². The van der Waals surface area contributed by atoms with E-state index in [9.17, 15) is 27.9 Å². The number of hydrogen-bond acceptors (Lipinski definition) is 7. The number of carbonyl (C=O) groups is 1. The second-order valence-corrected chi connectivity index (χ2v) is 9.73. The van der Waals surface area contributed by atoms with Gasteiger partial charge in [0.15, 0.2) is 17.8 Å². The van der Waals surface area contributed by atoms with E-state index >= 15 is 0 Å². The fraction of sp³-hybridized carbons (Fsp3) is 0.320. The minimum Gasteiger partial charge on any atom is -0.382 e. The van der Waals surface area contributed by atoms with Crippen molar-refractivity contribution in [1.29, 1.82) is 0 Å². The zero-order valence-corrected chi connectivity index (χ0v) is 22.6. The Labute approximate surface area is 236 Å². The summed E-state index contributed by atoms with van der Waals surface area (Å²) in [6, 6.07) is 12.9. The molecule has 0 saturated heterocycles. The Morgan fingerprint density at radius 2 is 1.80 bits per heavy atom. The molecule has 2 aromatic heterocycles. The van der Waals surface area contributed by atoms with Crippen molar-refractivity contribution in [3.05, 3.63) is 74.9 Å². The molecule has 0 aliphatic rings. The smallest absolute Gasteiger partial charge is 0.382 e. The monoisotopic (exact) mass is 597 g/mol. The molecular weight excluding hydrogens is 574 g/mol. The molecule has 2 aromatic carbocycles. The molecule has 4 aromatic rings. The summed E-state index contributed by atoms with van der Waals surface area (Å²) < 4.78 is 42.5. The number of anilines is 1. The Balaban J connectivity index is 1.72. The first-order valence-corrected chi connectivity index (χ1v) is 12.8. The van der Waals surface area contributed by atoms with Crippen LogP contribution >= 0.6 is 23.2 Å². The van der Waals surface area contributed by atoms with Crippen molar-refractivity contribution in [3.63, 3.8) is 0 Å². The fourth-order valence-corrected chi connectivity index (χ4v) is 4.14. The van der Waals surface area contributed by atoms with Gasteiger partial charge in [-0.05, 0) is 49.7 Å². The van der Waals surface area contributed by atoms with Crippen molar-refractivity contribution in [2.24, 2.45) is 0 Å². The zero-order valence-electron chi connectivity index (χ0n) is 21.1. The number of nitrogens with one attached hydrogen (secondary N) is 1. The van der Waals surface area contributed by atoms with Crippen molar-refractivity contribution >= 4 is 34.9 Å². The Bertz CT molecular complexity index is 1550. The lowest BCUT2D eigenvalue weighted by atomic mass is 10.2. The van der Waals surface area contributed by atoms with Crippen LogP contribution in [0.3, 0.4) is 0 Å². The number of ketones is 1. The highest BCUT2D eigenvalue weighted by Gasteiger charge is 2.39. The summed E-state index contributed by atoms with van der Waals surface area (Å²) in [5, 5.41) is 22.2. The normalized spacial score (nSPS) is 12.5. The highest BCUT2D eigenvalue weighted by atomic mass is 35.5. The molecule has 4 rings (SSSR count). The van der Waals surface area contributed by atoms with Crippen LogP contribution in [-0.2, 0) is 17.9 Å². The maximum absolute atomic E-state index is 13.2. The van der Waals surface area contributed by atoms with Crippen LogP contribution in [0.1, 0.15) is 25.6 Å². The van der Waals surface area contributed by atoms with Crippen molar-refractivity contribution in [1.82, 2.24) is 29.1 Å². The molecule has 0 radical (unpaired) electrons. The molecule has 40 heavy (non-hydrogen) atoms. The van der Waals surface area contributed by atoms with Crippen molar-refractivity contribution in [3.8, 4) is 17.1 Å². The van der Waals surface area contributed by atoms with Crippen LogP contribution in [0.2, 0.25) is 10.0 Å². The zero-order chi connectivity index (χ0) is 29.0. The SMILES string of the molecule is CC(=O)CCCNc1nc(Cn2nc(-c3ccc(Cl)cc3)n(C[C@H](O)C(F)(F)F)c2=O)nn1-c1ccccc1Cl. The number of benzene rings is 2. The summed E-state index contributed by atoms with van der Waals surface area (Å²) in [6.45, 7) is 0.527. The molecule has 10 nitrogen and oxygen atoms in total. The van der Waals surface area contributed by atoms with Gasteiger partial charge in [-0.15, -0.1) is 10.2 Å². The van der Waals surface area contributed by atoms with Gasteiger partial charge in [0.1, 0.15) is 12.3 Å². The lowest BCUT2D eigenvalue weighted by Crippen LogP contribution is -2.37. The minimum absolute atomic E-state index is 0.0390. The molecule has 0 amide bonds. The first-order valence-electron chi connectivity index (χ1n) is 12.1. The topological polar surface area (TPSA) is 120 Å². The molecule has 2 heterocycles. The molecule has 0 saturated carbocycles. The maximum Gasteiger partial charge on any atom is 0.416 e. The van der Waals surface area contributed by atoms with Gasteiger partial charge >= 0.3 is 11.9 Å². The lowest BCUT2D eigenvalue weighted by molar-refractivity contribution is -0.207. The molecular formula is C25H24Cl2F3N7O3. The molecule has 0 spiro atoms. The van der Waals surface area contributed by atoms with Crippen LogP contribution in [0.15, 0.2) is 53.3 Å². The van der Waals surface area contributed by atoms with E-state index in [-0.39, 0.29) is 29.9 Å². The maximum atomic E-state index is 13.2. The Kier molecular flexibility index (Phi) is 8.96. The molecule has 2 N–H and O–H groups in total. The number of aliphatic hydroxyl groups is 1. The molecule has 0 aliphatic heterocycles. The van der Waals surface area contributed by atoms with E-state index in [1.54, 1.807) is 24.3 Å². The highest BCUT2D eigenvalue weighted by molar-refractivity contribution is 6.32. The van der Waals surface area contributed by atoms with E-state index in [2.05, 4.69) is 20.5 Å². The van der Waals surface area contributed by atoms with E-state index in [0.717, 1.165) is 9.25 Å². The van der Waals surface area contributed by atoms with Crippen molar-refractivity contribution in [2.75, 3.05) is 11.9 Å². The van der Waals surface area contributed by atoms with Gasteiger partial charge in [-0.2, -0.15) is 22.8 Å². The third kappa shape index (κ3) is 6.90. The number of aromatic nitrogens is 6. The second kappa shape index (κ2) is 12.2. The lowest BCUT2D eigenvalue weighted by Gasteiger charge is -2.15. The average molecular weight is 598 g/mol. The van der Waals surface area contributed by atoms with Crippen LogP contribution in [0, 0.1) is 0 Å². The molecule has 0 unspecified atom stereocenters. The van der Waals surface area contributed by atoms with E-state index in [4.69, 9.17) is 23.2 Å². The second-order valence-electron chi connectivity index (χ2n) is 8.89. The standard InChI is InChI=1S/C25H24Cl2F3N7O3/c1-15(38)5-4-12-31-23-32-21(33-37(23)19-7-3-2-6-18(19)27)14-36-24(40)35(13-20(39)25(28,29)30)22(34-36)16-8-10-17(26)11-9-16/h2-3,6-11,20,39H,4-5,12-14H2,1H3,(H,31,32,33)/t20-/m0/s1. The summed E-state index contributed by atoms with van der Waals surface area (Å²) >= 11 is 12.3. The van der Waals surface area contributed by atoms with E-state index in [0.29, 0.717) is 40.7 Å². The Morgan fingerprint density at radius 3 is 2.45 bits per heavy atom. The van der Waals surface area contributed by atoms with E-state index in [1.807, 2.05) is 0 Å². The molecule has 0 aliphatic carbocycles. The fourth-order valence-electron chi connectivity index (χ4n) is 3.80. The van der Waals surface area contributed by atoms with Crippen LogP contribution in [-0.4, -0.2) is 58.8 Å². The van der Waals surface area contributed by atoms with E-state index < -0.39 is 24.5 Å². The van der Waals surface area contributed by atoms with Gasteiger partial charge in [0, 0.05) is 23.6 Å². The number of hydrogen-bond donors (Lipinski definition) is 2. The number of alkyl halides is 3. The first kappa shape index (κ1) is 29.3. The molecule has 0 fully saturated rings. The molecule has 1 atom stereocenters.